The van der Waals surface area contributed by atoms with Crippen molar-refractivity contribution in [2.24, 2.45) is 5.90 Å². The molecule has 2 aromatic rings. The fourth-order valence-corrected chi connectivity index (χ4v) is 1.95. The molecule has 0 unspecified atom stereocenters. The summed E-state index contributed by atoms with van der Waals surface area (Å²) in [4.78, 5) is 4.51. The summed E-state index contributed by atoms with van der Waals surface area (Å²) in [6, 6.07) is 16.0. The van der Waals surface area contributed by atoms with Crippen molar-refractivity contribution in [2.75, 3.05) is 13.2 Å². The molecule has 0 aliphatic heterocycles. The second kappa shape index (κ2) is 8.29. The largest absolute Gasteiger partial charge is 0.493 e. The minimum Gasteiger partial charge on any atom is -0.493 e. The van der Waals surface area contributed by atoms with Crippen molar-refractivity contribution in [3.8, 4) is 11.5 Å². The molecule has 0 bridgehead atoms. The van der Waals surface area contributed by atoms with Gasteiger partial charge in [0.2, 0.25) is 0 Å². The third-order valence-electron chi connectivity index (χ3n) is 2.95. The molecule has 0 aliphatic rings. The predicted octanol–water partition coefficient (Wildman–Crippen LogP) is 3.23. The SMILES string of the molecule is Cc1cc(OCCCON)cc(OCc2ccccc2)c1. The minimum absolute atomic E-state index is 0.489. The van der Waals surface area contributed by atoms with Crippen LogP contribution in [0, 0.1) is 6.92 Å². The molecule has 0 heterocycles. The van der Waals surface area contributed by atoms with Gasteiger partial charge in [0.15, 0.2) is 0 Å². The molecule has 0 aliphatic carbocycles. The highest BCUT2D eigenvalue weighted by Crippen LogP contribution is 2.23. The summed E-state index contributed by atoms with van der Waals surface area (Å²) in [5, 5.41) is 0. The zero-order valence-electron chi connectivity index (χ0n) is 12.2. The molecule has 2 N–H and O–H groups in total. The molecule has 21 heavy (non-hydrogen) atoms. The van der Waals surface area contributed by atoms with Crippen molar-refractivity contribution in [1.82, 2.24) is 0 Å². The zero-order valence-corrected chi connectivity index (χ0v) is 12.2. The Bertz CT molecular complexity index is 543. The summed E-state index contributed by atoms with van der Waals surface area (Å²) < 4.78 is 11.5. The fourth-order valence-electron chi connectivity index (χ4n) is 1.95. The summed E-state index contributed by atoms with van der Waals surface area (Å²) in [5.41, 5.74) is 2.24. The van der Waals surface area contributed by atoms with Gasteiger partial charge in [-0.05, 0) is 30.2 Å². The van der Waals surface area contributed by atoms with Crippen LogP contribution in [0.4, 0.5) is 0 Å². The van der Waals surface area contributed by atoms with Crippen molar-refractivity contribution < 1.29 is 14.3 Å². The van der Waals surface area contributed by atoms with Crippen molar-refractivity contribution in [1.29, 1.82) is 0 Å². The highest BCUT2D eigenvalue weighted by Gasteiger charge is 2.02. The Labute approximate surface area is 125 Å². The van der Waals surface area contributed by atoms with Gasteiger partial charge in [-0.2, -0.15) is 0 Å². The summed E-state index contributed by atoms with van der Waals surface area (Å²) in [5.74, 6) is 6.59. The van der Waals surface area contributed by atoms with Crippen LogP contribution >= 0.6 is 0 Å². The summed E-state index contributed by atoms with van der Waals surface area (Å²) in [7, 11) is 0. The van der Waals surface area contributed by atoms with Crippen LogP contribution in [0.3, 0.4) is 0 Å². The number of nitrogens with two attached hydrogens (primary N) is 1. The van der Waals surface area contributed by atoms with E-state index in [2.05, 4.69) is 4.84 Å². The van der Waals surface area contributed by atoms with Gasteiger partial charge in [-0.25, -0.2) is 5.90 Å². The summed E-state index contributed by atoms with van der Waals surface area (Å²) in [6.45, 7) is 3.62. The third-order valence-corrected chi connectivity index (χ3v) is 2.95. The van der Waals surface area contributed by atoms with E-state index in [0.29, 0.717) is 19.8 Å². The van der Waals surface area contributed by atoms with Crippen LogP contribution in [0.1, 0.15) is 17.5 Å². The maximum absolute atomic E-state index is 5.82. The van der Waals surface area contributed by atoms with E-state index in [1.165, 1.54) is 0 Å². The first-order valence-corrected chi connectivity index (χ1v) is 7.01. The number of benzene rings is 2. The van der Waals surface area contributed by atoms with Crippen LogP contribution < -0.4 is 15.4 Å². The van der Waals surface area contributed by atoms with E-state index in [0.717, 1.165) is 29.0 Å². The van der Waals surface area contributed by atoms with E-state index < -0.39 is 0 Å². The van der Waals surface area contributed by atoms with Crippen LogP contribution in [0.25, 0.3) is 0 Å². The van der Waals surface area contributed by atoms with E-state index in [1.54, 1.807) is 0 Å². The lowest BCUT2D eigenvalue weighted by molar-refractivity contribution is 0.122. The average molecular weight is 287 g/mol. The van der Waals surface area contributed by atoms with Gasteiger partial charge in [-0.1, -0.05) is 30.3 Å². The van der Waals surface area contributed by atoms with Gasteiger partial charge in [-0.15, -0.1) is 0 Å². The minimum atomic E-state index is 0.489. The molecule has 0 amide bonds. The Kier molecular flexibility index (Phi) is 6.06. The molecule has 2 aromatic carbocycles. The molecule has 0 atom stereocenters. The second-order valence-electron chi connectivity index (χ2n) is 4.83. The molecule has 0 radical (unpaired) electrons. The lowest BCUT2D eigenvalue weighted by Crippen LogP contribution is -2.06. The van der Waals surface area contributed by atoms with Crippen LogP contribution in [0.15, 0.2) is 48.5 Å². The van der Waals surface area contributed by atoms with Crippen molar-refractivity contribution >= 4 is 0 Å². The number of hydrogen-bond acceptors (Lipinski definition) is 4. The first kappa shape index (κ1) is 15.4. The number of hydrogen-bond donors (Lipinski definition) is 1. The molecular weight excluding hydrogens is 266 g/mol. The molecule has 4 nitrogen and oxygen atoms in total. The molecule has 0 fully saturated rings. The van der Waals surface area contributed by atoms with Gasteiger partial charge < -0.3 is 14.3 Å². The average Bonchev–Trinajstić information content (AvgIpc) is 2.50. The maximum Gasteiger partial charge on any atom is 0.123 e. The molecule has 2 rings (SSSR count). The van der Waals surface area contributed by atoms with Gasteiger partial charge in [0.1, 0.15) is 18.1 Å². The van der Waals surface area contributed by atoms with E-state index in [-0.39, 0.29) is 0 Å². The summed E-state index contributed by atoms with van der Waals surface area (Å²) >= 11 is 0. The first-order valence-electron chi connectivity index (χ1n) is 7.01. The van der Waals surface area contributed by atoms with Gasteiger partial charge in [0, 0.05) is 12.5 Å². The Balaban J connectivity index is 1.91. The smallest absolute Gasteiger partial charge is 0.123 e. The lowest BCUT2D eigenvalue weighted by Gasteiger charge is -2.11. The quantitative estimate of drug-likeness (QED) is 0.598. The Morgan fingerprint density at radius 1 is 0.905 bits per heavy atom. The Morgan fingerprint density at radius 2 is 1.62 bits per heavy atom. The molecule has 0 saturated heterocycles. The van der Waals surface area contributed by atoms with Crippen LogP contribution in [0.5, 0.6) is 11.5 Å². The van der Waals surface area contributed by atoms with Crippen molar-refractivity contribution in [2.45, 2.75) is 20.0 Å². The van der Waals surface area contributed by atoms with Gasteiger partial charge in [-0.3, -0.25) is 0 Å². The maximum atomic E-state index is 5.82. The zero-order chi connectivity index (χ0) is 14.9. The molecule has 112 valence electrons. The van der Waals surface area contributed by atoms with Crippen molar-refractivity contribution in [3.63, 3.8) is 0 Å². The number of rotatable bonds is 8. The summed E-state index contributed by atoms with van der Waals surface area (Å²) in [6.07, 6.45) is 0.755. The number of aryl methyl sites for hydroxylation is 1. The van der Waals surface area contributed by atoms with E-state index in [1.807, 2.05) is 55.5 Å². The molecule has 0 aromatic heterocycles. The van der Waals surface area contributed by atoms with Crippen molar-refractivity contribution in [3.05, 3.63) is 59.7 Å². The van der Waals surface area contributed by atoms with Gasteiger partial charge >= 0.3 is 0 Å². The van der Waals surface area contributed by atoms with E-state index in [9.17, 15) is 0 Å². The molecule has 0 spiro atoms. The first-order chi connectivity index (χ1) is 10.3. The predicted molar refractivity (Wildman–Crippen MR) is 82.2 cm³/mol. The Morgan fingerprint density at radius 3 is 2.33 bits per heavy atom. The Hall–Kier alpha value is -2.04. The van der Waals surface area contributed by atoms with E-state index >= 15 is 0 Å². The lowest BCUT2D eigenvalue weighted by atomic mass is 10.2. The fraction of sp³-hybridized carbons (Fsp3) is 0.294. The van der Waals surface area contributed by atoms with Crippen LogP contribution in [-0.2, 0) is 11.4 Å². The van der Waals surface area contributed by atoms with E-state index in [4.69, 9.17) is 15.4 Å². The molecule has 4 heteroatoms. The standard InChI is InChI=1S/C17H21NO3/c1-14-10-16(19-8-5-9-21-18)12-17(11-14)20-13-15-6-3-2-4-7-15/h2-4,6-7,10-12H,5,8-9,13,18H2,1H3. The normalized spacial score (nSPS) is 10.4. The molecule has 0 saturated carbocycles. The molecular formula is C17H21NO3. The van der Waals surface area contributed by atoms with Gasteiger partial charge in [0.05, 0.1) is 13.2 Å². The van der Waals surface area contributed by atoms with Gasteiger partial charge in [0.25, 0.3) is 0 Å². The van der Waals surface area contributed by atoms with Crippen LogP contribution in [0.2, 0.25) is 0 Å². The highest BCUT2D eigenvalue weighted by molar-refractivity contribution is 5.38. The highest BCUT2D eigenvalue weighted by atomic mass is 16.6. The topological polar surface area (TPSA) is 53.7 Å². The monoisotopic (exact) mass is 287 g/mol. The van der Waals surface area contributed by atoms with Crippen LogP contribution in [-0.4, -0.2) is 13.2 Å². The third kappa shape index (κ3) is 5.45. The number of ether oxygens (including phenoxy) is 2. The second-order valence-corrected chi connectivity index (χ2v) is 4.83.